The number of carbonyl (C=O) groups excluding carboxylic acids is 2. The van der Waals surface area contributed by atoms with Crippen molar-refractivity contribution in [2.45, 2.75) is 45.1 Å². The van der Waals surface area contributed by atoms with Crippen molar-refractivity contribution in [1.29, 1.82) is 0 Å². The predicted octanol–water partition coefficient (Wildman–Crippen LogP) is 5.12. The number of ketones is 1. The third kappa shape index (κ3) is 6.25. The highest BCUT2D eigenvalue weighted by Gasteiger charge is 2.41. The van der Waals surface area contributed by atoms with Gasteiger partial charge in [-0.2, -0.15) is 26.3 Å². The van der Waals surface area contributed by atoms with Gasteiger partial charge < -0.3 is 4.90 Å². The highest BCUT2D eigenvalue weighted by molar-refractivity contribution is 5.97. The quantitative estimate of drug-likeness (QED) is 0.489. The molecule has 190 valence electrons. The van der Waals surface area contributed by atoms with Gasteiger partial charge in [0.2, 0.25) is 0 Å². The summed E-state index contributed by atoms with van der Waals surface area (Å²) in [7, 11) is 0. The zero-order valence-electron chi connectivity index (χ0n) is 18.6. The van der Waals surface area contributed by atoms with Crippen LogP contribution in [0.4, 0.5) is 41.3 Å². The van der Waals surface area contributed by atoms with Crippen LogP contribution in [-0.2, 0) is 23.6 Å². The third-order valence-corrected chi connectivity index (χ3v) is 5.32. The average molecular weight is 506 g/mol. The number of aromatic nitrogens is 2. The van der Waals surface area contributed by atoms with Gasteiger partial charge in [-0.1, -0.05) is 19.9 Å². The normalized spacial score (nSPS) is 17.0. The second kappa shape index (κ2) is 9.78. The van der Waals surface area contributed by atoms with Gasteiger partial charge in [0.25, 0.3) is 0 Å². The molecule has 0 radical (unpaired) electrons. The van der Waals surface area contributed by atoms with E-state index in [1.807, 2.05) is 13.8 Å². The van der Waals surface area contributed by atoms with Crippen molar-refractivity contribution < 1.29 is 40.3 Å². The van der Waals surface area contributed by atoms with Crippen LogP contribution in [0.5, 0.6) is 0 Å². The Bertz CT molecular complexity index is 1080. The molecule has 1 aliphatic heterocycles. The summed E-state index contributed by atoms with van der Waals surface area (Å²) in [5, 5.41) is 0. The van der Waals surface area contributed by atoms with Gasteiger partial charge in [0.05, 0.1) is 18.2 Å². The molecule has 2 aromatic heterocycles. The lowest BCUT2D eigenvalue weighted by atomic mass is 10.0. The molecule has 1 saturated heterocycles. The third-order valence-electron chi connectivity index (χ3n) is 5.32. The fourth-order valence-corrected chi connectivity index (χ4v) is 3.77. The fourth-order valence-electron chi connectivity index (χ4n) is 3.77. The van der Waals surface area contributed by atoms with Gasteiger partial charge >= 0.3 is 18.4 Å². The van der Waals surface area contributed by atoms with Gasteiger partial charge in [0, 0.05) is 25.4 Å². The van der Waals surface area contributed by atoms with Crippen LogP contribution < -0.4 is 4.90 Å². The van der Waals surface area contributed by atoms with Crippen molar-refractivity contribution in [3.05, 3.63) is 53.2 Å². The standard InChI is InChI=1S/C22H21F7N4O2/c1-12(2)5-15-10-33(19-17(23)7-14(9-31-19)21(24,25)26)20(35)32(15)11-16(34)6-13-3-4-18(30-8-13)22(27,28)29/h3-4,7-9,12,15H,5-6,10-11H2,1-2H3/t15-/m0/s1. The largest absolute Gasteiger partial charge is 0.433 e. The van der Waals surface area contributed by atoms with E-state index in [-0.39, 0.29) is 30.5 Å². The van der Waals surface area contributed by atoms with Crippen LogP contribution in [0.15, 0.2) is 30.6 Å². The van der Waals surface area contributed by atoms with E-state index in [1.54, 1.807) is 0 Å². The van der Waals surface area contributed by atoms with Crippen molar-refractivity contribution in [2.24, 2.45) is 5.92 Å². The summed E-state index contributed by atoms with van der Waals surface area (Å²) >= 11 is 0. The monoisotopic (exact) mass is 506 g/mol. The van der Waals surface area contributed by atoms with E-state index < -0.39 is 59.6 Å². The number of nitrogens with zero attached hydrogens (tertiary/aromatic N) is 4. The average Bonchev–Trinajstić information content (AvgIpc) is 3.01. The van der Waals surface area contributed by atoms with Crippen molar-refractivity contribution in [2.75, 3.05) is 18.0 Å². The minimum atomic E-state index is -4.81. The number of amides is 2. The highest BCUT2D eigenvalue weighted by Crippen LogP contribution is 2.33. The minimum absolute atomic E-state index is 0.0647. The van der Waals surface area contributed by atoms with Crippen molar-refractivity contribution in [1.82, 2.24) is 14.9 Å². The maximum Gasteiger partial charge on any atom is 0.433 e. The first-order chi connectivity index (χ1) is 16.2. The Labute approximate surface area is 195 Å². The van der Waals surface area contributed by atoms with Crippen LogP contribution in [0.2, 0.25) is 0 Å². The lowest BCUT2D eigenvalue weighted by Crippen LogP contribution is -2.40. The predicted molar refractivity (Wildman–Crippen MR) is 110 cm³/mol. The number of pyridine rings is 2. The van der Waals surface area contributed by atoms with E-state index in [0.717, 1.165) is 23.2 Å². The van der Waals surface area contributed by atoms with Crippen molar-refractivity contribution in [3.8, 4) is 0 Å². The highest BCUT2D eigenvalue weighted by atomic mass is 19.4. The van der Waals surface area contributed by atoms with E-state index in [2.05, 4.69) is 9.97 Å². The Morgan fingerprint density at radius 3 is 2.29 bits per heavy atom. The number of carbonyl (C=O) groups is 2. The molecule has 1 atom stereocenters. The SMILES string of the molecule is CC(C)C[C@H]1CN(c2ncc(C(F)(F)F)cc2F)C(=O)N1CC(=O)Cc1ccc(C(F)(F)F)nc1. The Balaban J connectivity index is 1.77. The van der Waals surface area contributed by atoms with Gasteiger partial charge in [-0.05, 0) is 30.0 Å². The molecule has 0 bridgehead atoms. The molecule has 3 heterocycles. The zero-order valence-corrected chi connectivity index (χ0v) is 18.6. The molecule has 0 aliphatic carbocycles. The zero-order chi connectivity index (χ0) is 26.1. The van der Waals surface area contributed by atoms with Crippen molar-refractivity contribution in [3.63, 3.8) is 0 Å². The van der Waals surface area contributed by atoms with Gasteiger partial charge in [0.15, 0.2) is 17.4 Å². The van der Waals surface area contributed by atoms with E-state index in [0.29, 0.717) is 12.6 Å². The first-order valence-corrected chi connectivity index (χ1v) is 10.5. The summed E-state index contributed by atoms with van der Waals surface area (Å²) in [5.41, 5.74) is -2.20. The van der Waals surface area contributed by atoms with Gasteiger partial charge in [-0.15, -0.1) is 0 Å². The number of rotatable bonds is 7. The Kier molecular flexibility index (Phi) is 7.37. The van der Waals surface area contributed by atoms with Crippen LogP contribution in [0.3, 0.4) is 0 Å². The summed E-state index contributed by atoms with van der Waals surface area (Å²) in [6.45, 7) is 3.20. The Hall–Kier alpha value is -3.25. The maximum atomic E-state index is 14.5. The number of hydrogen-bond acceptors (Lipinski definition) is 4. The Morgan fingerprint density at radius 2 is 1.77 bits per heavy atom. The number of Topliss-reactive ketones (excluding diaryl/α,β-unsaturated/α-hetero) is 1. The van der Waals surface area contributed by atoms with E-state index >= 15 is 0 Å². The fraction of sp³-hybridized carbons (Fsp3) is 0.455. The molecular weight excluding hydrogens is 485 g/mol. The Morgan fingerprint density at radius 1 is 1.09 bits per heavy atom. The summed E-state index contributed by atoms with van der Waals surface area (Å²) in [6.07, 6.45) is -7.97. The van der Waals surface area contributed by atoms with Crippen LogP contribution in [0, 0.1) is 11.7 Å². The molecule has 0 N–H and O–H groups in total. The van der Waals surface area contributed by atoms with Gasteiger partial charge in [-0.3, -0.25) is 14.7 Å². The van der Waals surface area contributed by atoms with E-state index in [1.165, 1.54) is 4.90 Å². The molecule has 13 heteroatoms. The summed E-state index contributed by atoms with van der Waals surface area (Å²) in [5.74, 6) is -2.36. The molecule has 3 rings (SSSR count). The number of anilines is 1. The molecule has 0 spiro atoms. The summed E-state index contributed by atoms with van der Waals surface area (Å²) in [6, 6.07) is 0.741. The number of urea groups is 1. The first-order valence-electron chi connectivity index (χ1n) is 10.5. The molecule has 6 nitrogen and oxygen atoms in total. The maximum absolute atomic E-state index is 14.5. The molecule has 1 fully saturated rings. The number of alkyl halides is 6. The number of hydrogen-bond donors (Lipinski definition) is 0. The topological polar surface area (TPSA) is 66.4 Å². The summed E-state index contributed by atoms with van der Waals surface area (Å²) in [4.78, 5) is 34.5. The van der Waals surface area contributed by atoms with Gasteiger partial charge in [0.1, 0.15) is 5.69 Å². The second-order valence-corrected chi connectivity index (χ2v) is 8.60. The molecule has 35 heavy (non-hydrogen) atoms. The van der Waals surface area contributed by atoms with E-state index in [4.69, 9.17) is 0 Å². The van der Waals surface area contributed by atoms with Crippen LogP contribution in [-0.4, -0.2) is 45.8 Å². The lowest BCUT2D eigenvalue weighted by Gasteiger charge is -2.23. The second-order valence-electron chi connectivity index (χ2n) is 8.60. The lowest BCUT2D eigenvalue weighted by molar-refractivity contribution is -0.141. The molecule has 2 amide bonds. The molecule has 0 saturated carbocycles. The molecule has 0 unspecified atom stereocenters. The summed E-state index contributed by atoms with van der Waals surface area (Å²) < 4.78 is 90.9. The van der Waals surface area contributed by atoms with Crippen molar-refractivity contribution >= 4 is 17.6 Å². The van der Waals surface area contributed by atoms with Gasteiger partial charge in [-0.25, -0.2) is 14.2 Å². The van der Waals surface area contributed by atoms with Crippen LogP contribution in [0.1, 0.15) is 37.1 Å². The van der Waals surface area contributed by atoms with E-state index in [9.17, 15) is 40.3 Å². The molecule has 1 aliphatic rings. The minimum Gasteiger partial charge on any atom is -0.312 e. The molecule has 0 aromatic carbocycles. The molecular formula is C22H21F7N4O2. The van der Waals surface area contributed by atoms with Crippen LogP contribution >= 0.6 is 0 Å². The van der Waals surface area contributed by atoms with Crippen LogP contribution in [0.25, 0.3) is 0 Å². The number of halogens is 7. The first kappa shape index (κ1) is 26.4. The smallest absolute Gasteiger partial charge is 0.312 e. The molecule has 2 aromatic rings.